The molecule has 1 aliphatic heterocycles. The van der Waals surface area contributed by atoms with Crippen LogP contribution in [-0.2, 0) is 14.3 Å². The van der Waals surface area contributed by atoms with E-state index in [1.807, 2.05) is 44.2 Å². The van der Waals surface area contributed by atoms with Crippen LogP contribution in [0.4, 0.5) is 0 Å². The number of esters is 1. The summed E-state index contributed by atoms with van der Waals surface area (Å²) in [5.41, 5.74) is 3.03. The first-order chi connectivity index (χ1) is 12.6. The Kier molecular flexibility index (Phi) is 5.68. The third-order valence-corrected chi connectivity index (χ3v) is 4.70. The second-order valence-corrected chi connectivity index (χ2v) is 6.38. The molecule has 2 aromatic rings. The van der Waals surface area contributed by atoms with E-state index in [-0.39, 0.29) is 5.91 Å². The molecule has 0 unspecified atom stereocenters. The Morgan fingerprint density at radius 1 is 1.00 bits per heavy atom. The van der Waals surface area contributed by atoms with Crippen LogP contribution in [0, 0.1) is 13.8 Å². The van der Waals surface area contributed by atoms with E-state index < -0.39 is 12.1 Å². The number of hydrogen-bond acceptors (Lipinski definition) is 4. The van der Waals surface area contributed by atoms with E-state index in [1.165, 1.54) is 0 Å². The molecule has 3 rings (SSSR count). The van der Waals surface area contributed by atoms with Gasteiger partial charge in [0.1, 0.15) is 0 Å². The van der Waals surface area contributed by atoms with E-state index >= 15 is 0 Å². The first-order valence-electron chi connectivity index (χ1n) is 8.76. The predicted octanol–water partition coefficient (Wildman–Crippen LogP) is 3.06. The Morgan fingerprint density at radius 2 is 1.69 bits per heavy atom. The van der Waals surface area contributed by atoms with Gasteiger partial charge in [0.15, 0.2) is 0 Å². The smallest absolute Gasteiger partial charge is 0.339 e. The van der Waals surface area contributed by atoms with Crippen molar-refractivity contribution in [3.8, 4) is 0 Å². The van der Waals surface area contributed by atoms with E-state index in [0.29, 0.717) is 37.4 Å². The zero-order valence-electron chi connectivity index (χ0n) is 15.1. The molecule has 0 saturated carbocycles. The van der Waals surface area contributed by atoms with Crippen molar-refractivity contribution >= 4 is 11.9 Å². The van der Waals surface area contributed by atoms with Gasteiger partial charge in [-0.15, -0.1) is 0 Å². The van der Waals surface area contributed by atoms with Gasteiger partial charge in [0.05, 0.1) is 18.8 Å². The molecule has 136 valence electrons. The monoisotopic (exact) mass is 353 g/mol. The van der Waals surface area contributed by atoms with Crippen LogP contribution in [0.5, 0.6) is 0 Å². The first kappa shape index (κ1) is 18.1. The van der Waals surface area contributed by atoms with Crippen molar-refractivity contribution in [2.45, 2.75) is 20.0 Å². The normalized spacial score (nSPS) is 15.4. The van der Waals surface area contributed by atoms with Crippen LogP contribution in [-0.4, -0.2) is 43.1 Å². The summed E-state index contributed by atoms with van der Waals surface area (Å²) in [4.78, 5) is 27.5. The second kappa shape index (κ2) is 8.15. The lowest BCUT2D eigenvalue weighted by Gasteiger charge is -2.30. The topological polar surface area (TPSA) is 55.8 Å². The van der Waals surface area contributed by atoms with Crippen LogP contribution in [0.15, 0.2) is 48.5 Å². The molecule has 1 heterocycles. The standard InChI is InChI=1S/C21H23NO4/c1-15-7-6-10-18(16(15)2)21(24)26-19(17-8-4-3-5-9-17)20(23)22-11-13-25-14-12-22/h3-10,19H,11-14H2,1-2H3/t19-/m0/s1. The molecule has 0 aromatic heterocycles. The van der Waals surface area contributed by atoms with Gasteiger partial charge in [0.25, 0.3) is 5.91 Å². The Balaban J connectivity index is 1.87. The summed E-state index contributed by atoms with van der Waals surface area (Å²) in [5.74, 6) is -0.695. The average molecular weight is 353 g/mol. The summed E-state index contributed by atoms with van der Waals surface area (Å²) in [6.45, 7) is 5.83. The lowest BCUT2D eigenvalue weighted by Crippen LogP contribution is -2.44. The van der Waals surface area contributed by atoms with Gasteiger partial charge in [-0.3, -0.25) is 4.79 Å². The van der Waals surface area contributed by atoms with E-state index in [0.717, 1.165) is 11.1 Å². The number of benzene rings is 2. The summed E-state index contributed by atoms with van der Waals surface area (Å²) in [7, 11) is 0. The molecule has 26 heavy (non-hydrogen) atoms. The number of amides is 1. The van der Waals surface area contributed by atoms with E-state index in [2.05, 4.69) is 0 Å². The van der Waals surface area contributed by atoms with Crippen molar-refractivity contribution < 1.29 is 19.1 Å². The molecule has 5 heteroatoms. The van der Waals surface area contributed by atoms with E-state index in [1.54, 1.807) is 23.1 Å². The van der Waals surface area contributed by atoms with Gasteiger partial charge < -0.3 is 14.4 Å². The summed E-state index contributed by atoms with van der Waals surface area (Å²) >= 11 is 0. The van der Waals surface area contributed by atoms with Crippen LogP contribution in [0.3, 0.4) is 0 Å². The summed E-state index contributed by atoms with van der Waals surface area (Å²) in [6, 6.07) is 14.6. The Morgan fingerprint density at radius 3 is 2.38 bits per heavy atom. The van der Waals surface area contributed by atoms with E-state index in [4.69, 9.17) is 9.47 Å². The molecule has 2 aromatic carbocycles. The summed E-state index contributed by atoms with van der Waals surface area (Å²) < 4.78 is 11.0. The number of carbonyl (C=O) groups is 2. The number of ether oxygens (including phenoxy) is 2. The Hall–Kier alpha value is -2.66. The van der Waals surface area contributed by atoms with Crippen molar-refractivity contribution in [2.75, 3.05) is 26.3 Å². The molecule has 0 aliphatic carbocycles. The molecule has 0 N–H and O–H groups in total. The van der Waals surface area contributed by atoms with Crippen LogP contribution in [0.2, 0.25) is 0 Å². The molecule has 5 nitrogen and oxygen atoms in total. The van der Waals surface area contributed by atoms with Crippen LogP contribution >= 0.6 is 0 Å². The molecule has 1 aliphatic rings. The highest BCUT2D eigenvalue weighted by atomic mass is 16.5. The second-order valence-electron chi connectivity index (χ2n) is 6.38. The third-order valence-electron chi connectivity index (χ3n) is 4.70. The molecular formula is C21H23NO4. The van der Waals surface area contributed by atoms with E-state index in [9.17, 15) is 9.59 Å². The van der Waals surface area contributed by atoms with Gasteiger partial charge in [0, 0.05) is 18.7 Å². The van der Waals surface area contributed by atoms with Gasteiger partial charge in [-0.1, -0.05) is 42.5 Å². The van der Waals surface area contributed by atoms with Crippen molar-refractivity contribution in [3.63, 3.8) is 0 Å². The minimum atomic E-state index is -0.957. The third kappa shape index (κ3) is 3.94. The maximum atomic E-state index is 13.0. The van der Waals surface area contributed by atoms with Crippen LogP contribution < -0.4 is 0 Å². The van der Waals surface area contributed by atoms with Crippen LogP contribution in [0.1, 0.15) is 33.2 Å². The minimum absolute atomic E-state index is 0.210. The van der Waals surface area contributed by atoms with Gasteiger partial charge in [0.2, 0.25) is 6.10 Å². The fourth-order valence-electron chi connectivity index (χ4n) is 2.98. The van der Waals surface area contributed by atoms with Gasteiger partial charge >= 0.3 is 5.97 Å². The average Bonchev–Trinajstić information content (AvgIpc) is 2.69. The molecule has 1 fully saturated rings. The van der Waals surface area contributed by atoms with Crippen molar-refractivity contribution in [1.29, 1.82) is 0 Å². The molecule has 1 saturated heterocycles. The zero-order chi connectivity index (χ0) is 18.5. The first-order valence-corrected chi connectivity index (χ1v) is 8.76. The quantitative estimate of drug-likeness (QED) is 0.793. The fourth-order valence-corrected chi connectivity index (χ4v) is 2.98. The maximum absolute atomic E-state index is 13.0. The molecule has 1 atom stereocenters. The van der Waals surface area contributed by atoms with Gasteiger partial charge in [-0.25, -0.2) is 4.79 Å². The summed E-state index contributed by atoms with van der Waals surface area (Å²) in [5, 5.41) is 0. The number of aryl methyl sites for hydroxylation is 1. The highest BCUT2D eigenvalue weighted by Gasteiger charge is 2.31. The number of rotatable bonds is 4. The van der Waals surface area contributed by atoms with Crippen molar-refractivity contribution in [2.24, 2.45) is 0 Å². The number of morpholine rings is 1. The molecule has 0 spiro atoms. The molecule has 0 radical (unpaired) electrons. The highest BCUT2D eigenvalue weighted by Crippen LogP contribution is 2.24. The summed E-state index contributed by atoms with van der Waals surface area (Å²) in [6.07, 6.45) is -0.957. The Labute approximate surface area is 153 Å². The van der Waals surface area contributed by atoms with Crippen LogP contribution in [0.25, 0.3) is 0 Å². The lowest BCUT2D eigenvalue weighted by molar-refractivity contribution is -0.145. The Bertz CT molecular complexity index is 782. The number of hydrogen-bond donors (Lipinski definition) is 0. The number of carbonyl (C=O) groups excluding carboxylic acids is 2. The number of nitrogens with zero attached hydrogens (tertiary/aromatic N) is 1. The zero-order valence-corrected chi connectivity index (χ0v) is 15.1. The fraction of sp³-hybridized carbons (Fsp3) is 0.333. The molecule has 1 amide bonds. The van der Waals surface area contributed by atoms with Crippen molar-refractivity contribution in [3.05, 3.63) is 70.8 Å². The van der Waals surface area contributed by atoms with Gasteiger partial charge in [-0.2, -0.15) is 0 Å². The van der Waals surface area contributed by atoms with Gasteiger partial charge in [-0.05, 0) is 31.0 Å². The molecule has 0 bridgehead atoms. The predicted molar refractivity (Wildman–Crippen MR) is 97.9 cm³/mol. The lowest BCUT2D eigenvalue weighted by atomic mass is 10.0. The minimum Gasteiger partial charge on any atom is -0.444 e. The molecular weight excluding hydrogens is 330 g/mol. The highest BCUT2D eigenvalue weighted by molar-refractivity contribution is 5.94. The largest absolute Gasteiger partial charge is 0.444 e. The SMILES string of the molecule is Cc1cccc(C(=O)O[C@H](C(=O)N2CCOCC2)c2ccccc2)c1C. The maximum Gasteiger partial charge on any atom is 0.339 e. The van der Waals surface area contributed by atoms with Crippen molar-refractivity contribution in [1.82, 2.24) is 4.90 Å².